The highest BCUT2D eigenvalue weighted by molar-refractivity contribution is 5.94. The minimum atomic E-state index is 0.922. The van der Waals surface area contributed by atoms with Crippen LogP contribution in [0.2, 0.25) is 0 Å². The van der Waals surface area contributed by atoms with Gasteiger partial charge in [0.15, 0.2) is 0 Å². The molecule has 0 aliphatic rings. The van der Waals surface area contributed by atoms with Gasteiger partial charge in [-0.15, -0.1) is 0 Å². The predicted molar refractivity (Wildman–Crippen MR) is 76.7 cm³/mol. The second-order valence-electron chi connectivity index (χ2n) is 4.21. The molecule has 0 spiro atoms. The van der Waals surface area contributed by atoms with Gasteiger partial charge in [-0.1, -0.05) is 42.5 Å². The Balaban J connectivity index is 2.22. The van der Waals surface area contributed by atoms with Crippen molar-refractivity contribution in [3.8, 4) is 11.1 Å². The highest BCUT2D eigenvalue weighted by Gasteiger charge is 2.03. The van der Waals surface area contributed by atoms with Crippen LogP contribution in [0.1, 0.15) is 0 Å². The molecule has 2 aromatic carbocycles. The van der Waals surface area contributed by atoms with Crippen molar-refractivity contribution in [2.45, 2.75) is 0 Å². The zero-order valence-corrected chi connectivity index (χ0v) is 10.2. The third-order valence-corrected chi connectivity index (χ3v) is 3.11. The lowest BCUT2D eigenvalue weighted by atomic mass is 10.0. The minimum absolute atomic E-state index is 0.922. The number of aromatic nitrogens is 1. The molecule has 18 heavy (non-hydrogen) atoms. The topological polar surface area (TPSA) is 24.9 Å². The van der Waals surface area contributed by atoms with Gasteiger partial charge in [0.1, 0.15) is 5.82 Å². The average molecular weight is 234 g/mol. The molecule has 2 nitrogen and oxygen atoms in total. The van der Waals surface area contributed by atoms with Crippen LogP contribution >= 0.6 is 0 Å². The molecule has 0 atom stereocenters. The van der Waals surface area contributed by atoms with Crippen molar-refractivity contribution in [2.75, 3.05) is 12.4 Å². The number of hydrogen-bond acceptors (Lipinski definition) is 2. The largest absolute Gasteiger partial charge is 0.373 e. The number of fused-ring (bicyclic) bond motifs is 1. The molecule has 0 aliphatic carbocycles. The Labute approximate surface area is 106 Å². The summed E-state index contributed by atoms with van der Waals surface area (Å²) in [7, 11) is 1.90. The number of anilines is 1. The van der Waals surface area contributed by atoms with Gasteiger partial charge in [0.25, 0.3) is 0 Å². The summed E-state index contributed by atoms with van der Waals surface area (Å²) >= 11 is 0. The van der Waals surface area contributed by atoms with E-state index in [4.69, 9.17) is 0 Å². The molecular weight excluding hydrogens is 220 g/mol. The first kappa shape index (κ1) is 10.8. The van der Waals surface area contributed by atoms with Crippen molar-refractivity contribution in [3.63, 3.8) is 0 Å². The van der Waals surface area contributed by atoms with Crippen molar-refractivity contribution in [1.82, 2.24) is 4.98 Å². The van der Waals surface area contributed by atoms with Gasteiger partial charge in [0.2, 0.25) is 0 Å². The van der Waals surface area contributed by atoms with Gasteiger partial charge in [-0.05, 0) is 28.6 Å². The molecule has 2 heteroatoms. The molecule has 1 N–H and O–H groups in total. The molecule has 0 saturated heterocycles. The first-order valence-electron chi connectivity index (χ1n) is 6.00. The van der Waals surface area contributed by atoms with E-state index in [0.717, 1.165) is 11.2 Å². The van der Waals surface area contributed by atoms with Gasteiger partial charge < -0.3 is 5.32 Å². The van der Waals surface area contributed by atoms with Crippen molar-refractivity contribution < 1.29 is 0 Å². The number of nitrogens with one attached hydrogen (secondary N) is 1. The monoisotopic (exact) mass is 234 g/mol. The Morgan fingerprint density at radius 1 is 0.889 bits per heavy atom. The molecule has 3 aromatic rings. The second kappa shape index (κ2) is 4.49. The van der Waals surface area contributed by atoms with Gasteiger partial charge in [0, 0.05) is 18.6 Å². The van der Waals surface area contributed by atoms with E-state index in [1.54, 1.807) is 0 Å². The maximum Gasteiger partial charge on any atom is 0.133 e. The van der Waals surface area contributed by atoms with E-state index in [1.807, 2.05) is 25.4 Å². The zero-order chi connectivity index (χ0) is 12.4. The molecule has 3 rings (SSSR count). The molecule has 0 bridgehead atoms. The van der Waals surface area contributed by atoms with Crippen molar-refractivity contribution in [3.05, 3.63) is 60.8 Å². The van der Waals surface area contributed by atoms with Crippen LogP contribution in [0.15, 0.2) is 60.8 Å². The third kappa shape index (κ3) is 1.82. The maximum atomic E-state index is 4.35. The van der Waals surface area contributed by atoms with E-state index >= 15 is 0 Å². The molecule has 0 fully saturated rings. The summed E-state index contributed by atoms with van der Waals surface area (Å²) in [5.41, 5.74) is 2.44. The second-order valence-corrected chi connectivity index (χ2v) is 4.21. The first-order chi connectivity index (χ1) is 8.88. The van der Waals surface area contributed by atoms with E-state index in [-0.39, 0.29) is 0 Å². The zero-order valence-electron chi connectivity index (χ0n) is 10.2. The van der Waals surface area contributed by atoms with Crippen LogP contribution in [-0.2, 0) is 0 Å². The molecule has 0 saturated carbocycles. The van der Waals surface area contributed by atoms with Gasteiger partial charge in [-0.25, -0.2) is 4.98 Å². The molecule has 1 aromatic heterocycles. The van der Waals surface area contributed by atoms with Crippen LogP contribution in [0.4, 0.5) is 5.82 Å². The summed E-state index contributed by atoms with van der Waals surface area (Å²) in [5, 5.41) is 5.49. The molecular formula is C16H14N2. The quantitative estimate of drug-likeness (QED) is 0.726. The lowest BCUT2D eigenvalue weighted by Crippen LogP contribution is -1.93. The van der Waals surface area contributed by atoms with E-state index < -0.39 is 0 Å². The van der Waals surface area contributed by atoms with Crippen LogP contribution < -0.4 is 5.32 Å². The smallest absolute Gasteiger partial charge is 0.133 e. The number of nitrogens with zero attached hydrogens (tertiary/aromatic N) is 1. The lowest BCUT2D eigenvalue weighted by Gasteiger charge is -2.07. The molecule has 0 aliphatic heterocycles. The Morgan fingerprint density at radius 3 is 2.50 bits per heavy atom. The highest BCUT2D eigenvalue weighted by atomic mass is 14.9. The van der Waals surface area contributed by atoms with Gasteiger partial charge in [-0.2, -0.15) is 0 Å². The number of benzene rings is 2. The van der Waals surface area contributed by atoms with Crippen molar-refractivity contribution in [1.29, 1.82) is 0 Å². The van der Waals surface area contributed by atoms with Crippen LogP contribution in [0.25, 0.3) is 21.9 Å². The van der Waals surface area contributed by atoms with Crippen LogP contribution in [-0.4, -0.2) is 12.0 Å². The Hall–Kier alpha value is -2.35. The van der Waals surface area contributed by atoms with Gasteiger partial charge in [0.05, 0.1) is 0 Å². The minimum Gasteiger partial charge on any atom is -0.373 e. The molecule has 0 unspecified atom stereocenters. The van der Waals surface area contributed by atoms with E-state index in [0.29, 0.717) is 0 Å². The fourth-order valence-electron chi connectivity index (χ4n) is 2.18. The van der Waals surface area contributed by atoms with Crippen LogP contribution in [0.3, 0.4) is 0 Å². The summed E-state index contributed by atoms with van der Waals surface area (Å²) in [6.07, 6.45) is 1.83. The molecule has 88 valence electrons. The first-order valence-corrected chi connectivity index (χ1v) is 6.00. The summed E-state index contributed by atoms with van der Waals surface area (Å²) < 4.78 is 0. The number of rotatable bonds is 2. The summed E-state index contributed by atoms with van der Waals surface area (Å²) in [4.78, 5) is 4.35. The van der Waals surface area contributed by atoms with E-state index in [9.17, 15) is 0 Å². The maximum absolute atomic E-state index is 4.35. The Bertz CT molecular complexity index is 675. The molecule has 1 heterocycles. The average Bonchev–Trinajstić information content (AvgIpc) is 2.47. The molecule has 0 radical (unpaired) electrons. The van der Waals surface area contributed by atoms with Crippen molar-refractivity contribution >= 4 is 16.6 Å². The summed E-state index contributed by atoms with van der Waals surface area (Å²) in [6.45, 7) is 0. The summed E-state index contributed by atoms with van der Waals surface area (Å²) in [5.74, 6) is 0.922. The predicted octanol–water partition coefficient (Wildman–Crippen LogP) is 3.94. The fourth-order valence-corrected chi connectivity index (χ4v) is 2.18. The van der Waals surface area contributed by atoms with Crippen molar-refractivity contribution in [2.24, 2.45) is 0 Å². The lowest BCUT2D eigenvalue weighted by molar-refractivity contribution is 1.32. The third-order valence-electron chi connectivity index (χ3n) is 3.11. The van der Waals surface area contributed by atoms with E-state index in [1.165, 1.54) is 16.5 Å². The van der Waals surface area contributed by atoms with Crippen LogP contribution in [0, 0.1) is 0 Å². The normalized spacial score (nSPS) is 10.5. The fraction of sp³-hybridized carbons (Fsp3) is 0.0625. The van der Waals surface area contributed by atoms with Crippen LogP contribution in [0.5, 0.6) is 0 Å². The Morgan fingerprint density at radius 2 is 1.72 bits per heavy atom. The Kier molecular flexibility index (Phi) is 2.69. The SMILES string of the molecule is CNc1nccc2ccc(-c3ccccc3)cc12. The molecule has 0 amide bonds. The van der Waals surface area contributed by atoms with Gasteiger partial charge in [-0.3, -0.25) is 0 Å². The summed E-state index contributed by atoms with van der Waals surface area (Å²) in [6, 6.07) is 18.9. The van der Waals surface area contributed by atoms with E-state index in [2.05, 4.69) is 52.8 Å². The van der Waals surface area contributed by atoms with Gasteiger partial charge >= 0.3 is 0 Å². The number of hydrogen-bond donors (Lipinski definition) is 1. The highest BCUT2D eigenvalue weighted by Crippen LogP contribution is 2.27. The number of pyridine rings is 1. The standard InChI is InChI=1S/C16H14N2/c1-17-16-15-11-14(12-5-3-2-4-6-12)8-7-13(15)9-10-18-16/h2-11H,1H3,(H,17,18).